The fourth-order valence-corrected chi connectivity index (χ4v) is 1.98. The summed E-state index contributed by atoms with van der Waals surface area (Å²) in [4.78, 5) is 24.5. The minimum atomic E-state index is -1.80. The van der Waals surface area contributed by atoms with Gasteiger partial charge in [0.15, 0.2) is 12.6 Å². The number of carbonyl (C=O) groups is 2. The number of carboxylic acids is 2. The topological polar surface area (TPSA) is 162 Å². The van der Waals surface area contributed by atoms with Crippen LogP contribution in [0.25, 0.3) is 0 Å². The SMILES string of the molecule is CN(CCN(C)C(CC(O)O)C(O)O)C(CC(=O)O)C(=O)O. The summed E-state index contributed by atoms with van der Waals surface area (Å²) in [7, 11) is 2.95. The van der Waals surface area contributed by atoms with E-state index < -0.39 is 43.0 Å². The Hall–Kier alpha value is -1.30. The Balaban J connectivity index is 4.60. The fourth-order valence-electron chi connectivity index (χ4n) is 1.98. The third-order valence-corrected chi connectivity index (χ3v) is 3.35. The van der Waals surface area contributed by atoms with Gasteiger partial charge in [-0.05, 0) is 14.1 Å². The number of nitrogens with zero attached hydrogens (tertiary/aromatic N) is 2. The van der Waals surface area contributed by atoms with Crippen LogP contribution in [-0.4, -0.2) is 104 Å². The number of aliphatic hydroxyl groups excluding tert-OH is 2. The average Bonchev–Trinajstić information content (AvgIpc) is 2.38. The minimum absolute atomic E-state index is 0.144. The smallest absolute Gasteiger partial charge is 0.321 e. The zero-order valence-electron chi connectivity index (χ0n) is 12.5. The van der Waals surface area contributed by atoms with Crippen LogP contribution in [0.3, 0.4) is 0 Å². The van der Waals surface area contributed by atoms with Gasteiger partial charge < -0.3 is 30.6 Å². The molecule has 0 aliphatic rings. The molecule has 0 radical (unpaired) electrons. The van der Waals surface area contributed by atoms with Crippen LogP contribution in [0, 0.1) is 0 Å². The first-order chi connectivity index (χ1) is 10.1. The number of aliphatic hydroxyl groups is 4. The molecule has 130 valence electrons. The third-order valence-electron chi connectivity index (χ3n) is 3.35. The summed E-state index contributed by atoms with van der Waals surface area (Å²) in [6.45, 7) is 0.320. The van der Waals surface area contributed by atoms with E-state index in [-0.39, 0.29) is 19.5 Å². The summed E-state index contributed by atoms with van der Waals surface area (Å²) in [6, 6.07) is -2.15. The van der Waals surface area contributed by atoms with Gasteiger partial charge in [0.25, 0.3) is 0 Å². The lowest BCUT2D eigenvalue weighted by molar-refractivity contribution is -0.149. The number of aliphatic carboxylic acids is 2. The van der Waals surface area contributed by atoms with Gasteiger partial charge >= 0.3 is 11.9 Å². The quantitative estimate of drug-likeness (QED) is 0.218. The molecule has 2 atom stereocenters. The molecule has 0 aliphatic heterocycles. The maximum absolute atomic E-state index is 11.0. The molecular weight excluding hydrogens is 300 g/mol. The largest absolute Gasteiger partial charge is 0.481 e. The highest BCUT2D eigenvalue weighted by molar-refractivity contribution is 5.80. The molecule has 2 unspecified atom stereocenters. The molecule has 0 rings (SSSR count). The van der Waals surface area contributed by atoms with Gasteiger partial charge in [-0.15, -0.1) is 0 Å². The highest BCUT2D eigenvalue weighted by Crippen LogP contribution is 2.09. The van der Waals surface area contributed by atoms with E-state index in [0.717, 1.165) is 0 Å². The van der Waals surface area contributed by atoms with E-state index in [4.69, 9.17) is 20.4 Å². The Labute approximate surface area is 127 Å². The summed E-state index contributed by atoms with van der Waals surface area (Å²) in [5.74, 6) is -2.50. The van der Waals surface area contributed by atoms with E-state index in [9.17, 15) is 19.8 Å². The predicted molar refractivity (Wildman–Crippen MR) is 73.8 cm³/mol. The second kappa shape index (κ2) is 9.66. The number of rotatable bonds is 11. The zero-order chi connectivity index (χ0) is 17.4. The van der Waals surface area contributed by atoms with Crippen molar-refractivity contribution < 1.29 is 40.2 Å². The first-order valence-corrected chi connectivity index (χ1v) is 6.63. The average molecular weight is 324 g/mol. The van der Waals surface area contributed by atoms with Crippen LogP contribution in [0.1, 0.15) is 12.8 Å². The van der Waals surface area contributed by atoms with Crippen molar-refractivity contribution in [1.29, 1.82) is 0 Å². The molecule has 0 aliphatic carbocycles. The fraction of sp³-hybridized carbons (Fsp3) is 0.833. The van der Waals surface area contributed by atoms with Crippen LogP contribution in [0.4, 0.5) is 0 Å². The first-order valence-electron chi connectivity index (χ1n) is 6.63. The van der Waals surface area contributed by atoms with E-state index in [2.05, 4.69) is 0 Å². The lowest BCUT2D eigenvalue weighted by Crippen LogP contribution is -2.48. The van der Waals surface area contributed by atoms with E-state index >= 15 is 0 Å². The zero-order valence-corrected chi connectivity index (χ0v) is 12.5. The summed E-state index contributed by atoms with van der Waals surface area (Å²) < 4.78 is 0. The Morgan fingerprint density at radius 2 is 1.45 bits per heavy atom. The van der Waals surface area contributed by atoms with Crippen molar-refractivity contribution in [2.45, 2.75) is 37.5 Å². The normalized spacial score (nSPS) is 14.8. The van der Waals surface area contributed by atoms with Gasteiger partial charge in [-0.3, -0.25) is 19.4 Å². The molecule has 10 nitrogen and oxygen atoms in total. The molecule has 0 heterocycles. The maximum atomic E-state index is 11.0. The van der Waals surface area contributed by atoms with Crippen molar-refractivity contribution in [3.8, 4) is 0 Å². The highest BCUT2D eigenvalue weighted by Gasteiger charge is 2.28. The van der Waals surface area contributed by atoms with Gasteiger partial charge in [-0.2, -0.15) is 0 Å². The molecule has 0 amide bonds. The molecule has 0 saturated heterocycles. The van der Waals surface area contributed by atoms with Gasteiger partial charge in [-0.25, -0.2) is 0 Å². The molecule has 0 aromatic carbocycles. The van der Waals surface area contributed by atoms with Gasteiger partial charge in [0.05, 0.1) is 12.5 Å². The van der Waals surface area contributed by atoms with Crippen molar-refractivity contribution in [1.82, 2.24) is 9.80 Å². The van der Waals surface area contributed by atoms with E-state index in [1.807, 2.05) is 0 Å². The van der Waals surface area contributed by atoms with Crippen molar-refractivity contribution in [3.63, 3.8) is 0 Å². The molecule has 0 fully saturated rings. The van der Waals surface area contributed by atoms with Crippen molar-refractivity contribution in [2.75, 3.05) is 27.2 Å². The Morgan fingerprint density at radius 3 is 1.82 bits per heavy atom. The lowest BCUT2D eigenvalue weighted by Gasteiger charge is -2.32. The van der Waals surface area contributed by atoms with Crippen molar-refractivity contribution >= 4 is 11.9 Å². The van der Waals surface area contributed by atoms with E-state index in [1.165, 1.54) is 23.9 Å². The molecule has 0 spiro atoms. The van der Waals surface area contributed by atoms with Crippen LogP contribution in [0.15, 0.2) is 0 Å². The highest BCUT2D eigenvalue weighted by atomic mass is 16.5. The first kappa shape index (κ1) is 20.7. The standard InChI is InChI=1S/C12H24N2O8/c1-13(7(11(19)20)5-9(15)16)3-4-14(2)8(12(21)22)6-10(17)18/h7-9,11,15-16,19-20H,3-6H2,1-2H3,(H,17,18)(H,21,22). The van der Waals surface area contributed by atoms with Crippen LogP contribution >= 0.6 is 0 Å². The Bertz CT molecular complexity index is 363. The van der Waals surface area contributed by atoms with Crippen molar-refractivity contribution in [2.24, 2.45) is 0 Å². The number of carboxylic acid groups (broad SMARTS) is 2. The number of hydrogen-bond acceptors (Lipinski definition) is 8. The summed E-state index contributed by atoms with van der Waals surface area (Å²) in [6.07, 6.45) is -4.37. The van der Waals surface area contributed by atoms with Crippen molar-refractivity contribution in [3.05, 3.63) is 0 Å². The summed E-state index contributed by atoms with van der Waals surface area (Å²) in [5, 5.41) is 54.0. The number of hydrogen-bond donors (Lipinski definition) is 6. The molecule has 0 saturated carbocycles. The summed E-state index contributed by atoms with van der Waals surface area (Å²) >= 11 is 0. The third kappa shape index (κ3) is 7.64. The van der Waals surface area contributed by atoms with Crippen LogP contribution < -0.4 is 0 Å². The minimum Gasteiger partial charge on any atom is -0.481 e. The van der Waals surface area contributed by atoms with Gasteiger partial charge in [-0.1, -0.05) is 0 Å². The van der Waals surface area contributed by atoms with E-state index in [0.29, 0.717) is 0 Å². The van der Waals surface area contributed by atoms with Gasteiger partial charge in [0.1, 0.15) is 6.04 Å². The molecular formula is C12H24N2O8. The van der Waals surface area contributed by atoms with Gasteiger partial charge in [0.2, 0.25) is 0 Å². The molecule has 10 heteroatoms. The molecule has 0 aromatic rings. The monoisotopic (exact) mass is 324 g/mol. The Kier molecular flexibility index (Phi) is 9.09. The van der Waals surface area contributed by atoms with Crippen LogP contribution in [0.2, 0.25) is 0 Å². The number of likely N-dealkylation sites (N-methyl/N-ethyl adjacent to an activating group) is 2. The second-order valence-electron chi connectivity index (χ2n) is 5.11. The van der Waals surface area contributed by atoms with Gasteiger partial charge in [0, 0.05) is 19.5 Å². The molecule has 22 heavy (non-hydrogen) atoms. The molecule has 0 bridgehead atoms. The molecule has 0 aromatic heterocycles. The van der Waals surface area contributed by atoms with Crippen LogP contribution in [0.5, 0.6) is 0 Å². The van der Waals surface area contributed by atoms with E-state index in [1.54, 1.807) is 0 Å². The van der Waals surface area contributed by atoms with Crippen LogP contribution in [-0.2, 0) is 9.59 Å². The Morgan fingerprint density at radius 1 is 0.955 bits per heavy atom. The summed E-state index contributed by atoms with van der Waals surface area (Å²) in [5.41, 5.74) is 0. The molecule has 6 N–H and O–H groups in total. The predicted octanol–water partition coefficient (Wildman–Crippen LogP) is -2.84. The lowest BCUT2D eigenvalue weighted by atomic mass is 10.1. The second-order valence-corrected chi connectivity index (χ2v) is 5.11. The maximum Gasteiger partial charge on any atom is 0.321 e.